The van der Waals surface area contributed by atoms with Crippen LogP contribution >= 0.6 is 24.0 Å². The zero-order valence-electron chi connectivity index (χ0n) is 14.9. The van der Waals surface area contributed by atoms with Gasteiger partial charge in [-0.25, -0.2) is 8.42 Å². The second-order valence-corrected chi connectivity index (χ2v) is 8.67. The minimum absolute atomic E-state index is 0. The average molecular weight is 487 g/mol. The number of guanidine groups is 1. The molecule has 1 aliphatic rings. The van der Waals surface area contributed by atoms with Crippen LogP contribution in [0.2, 0.25) is 0 Å². The van der Waals surface area contributed by atoms with E-state index in [9.17, 15) is 8.42 Å². The first-order valence-corrected chi connectivity index (χ1v) is 10.6. The summed E-state index contributed by atoms with van der Waals surface area (Å²) in [5.41, 5.74) is 1.25. The zero-order chi connectivity index (χ0) is 17.7. The highest BCUT2D eigenvalue weighted by Gasteiger charge is 2.28. The Labute approximate surface area is 172 Å². The molecule has 0 aromatic heterocycles. The number of rotatable bonds is 5. The van der Waals surface area contributed by atoms with Gasteiger partial charge in [-0.2, -0.15) is 0 Å². The summed E-state index contributed by atoms with van der Waals surface area (Å²) in [7, 11) is -2.89. The van der Waals surface area contributed by atoms with Gasteiger partial charge in [0.15, 0.2) is 15.8 Å². The predicted octanol–water partition coefficient (Wildman–Crippen LogP) is 2.74. The summed E-state index contributed by atoms with van der Waals surface area (Å²) < 4.78 is 23.2. The van der Waals surface area contributed by atoms with Gasteiger partial charge in [0.25, 0.3) is 0 Å². The van der Waals surface area contributed by atoms with Crippen molar-refractivity contribution in [3.63, 3.8) is 0 Å². The van der Waals surface area contributed by atoms with Crippen molar-refractivity contribution < 1.29 is 8.42 Å². The Balaban J connectivity index is 0.00000243. The molecular weight excluding hydrogens is 461 g/mol. The van der Waals surface area contributed by atoms with Gasteiger partial charge in [-0.1, -0.05) is 42.5 Å². The SMILES string of the molecule is CCNC(=NCCc1ccc2ccccc2c1)NC1CCS(=O)(=O)C1.I. The van der Waals surface area contributed by atoms with E-state index in [4.69, 9.17) is 0 Å². The maximum atomic E-state index is 11.6. The van der Waals surface area contributed by atoms with Gasteiger partial charge < -0.3 is 10.6 Å². The molecule has 0 amide bonds. The van der Waals surface area contributed by atoms with E-state index < -0.39 is 9.84 Å². The molecule has 1 heterocycles. The van der Waals surface area contributed by atoms with Crippen LogP contribution < -0.4 is 10.6 Å². The monoisotopic (exact) mass is 487 g/mol. The van der Waals surface area contributed by atoms with E-state index in [1.165, 1.54) is 16.3 Å². The number of hydrogen-bond donors (Lipinski definition) is 2. The topological polar surface area (TPSA) is 70.6 Å². The second-order valence-electron chi connectivity index (χ2n) is 6.44. The van der Waals surface area contributed by atoms with Crippen LogP contribution in [0.4, 0.5) is 0 Å². The molecule has 1 aliphatic heterocycles. The Morgan fingerprint density at radius 1 is 1.19 bits per heavy atom. The first kappa shape index (κ1) is 21.0. The van der Waals surface area contributed by atoms with E-state index in [-0.39, 0.29) is 41.5 Å². The van der Waals surface area contributed by atoms with Crippen LogP contribution in [0.1, 0.15) is 18.9 Å². The van der Waals surface area contributed by atoms with Crippen molar-refractivity contribution >= 4 is 50.5 Å². The van der Waals surface area contributed by atoms with E-state index in [1.807, 2.05) is 19.1 Å². The Morgan fingerprint density at radius 3 is 2.65 bits per heavy atom. The number of aliphatic imine (C=N–C) groups is 1. The molecule has 2 aromatic rings. The summed E-state index contributed by atoms with van der Waals surface area (Å²) in [6.45, 7) is 3.42. The van der Waals surface area contributed by atoms with Crippen LogP contribution in [-0.4, -0.2) is 45.0 Å². The van der Waals surface area contributed by atoms with Crippen LogP contribution in [0.25, 0.3) is 10.8 Å². The molecule has 142 valence electrons. The maximum absolute atomic E-state index is 11.6. The van der Waals surface area contributed by atoms with Crippen molar-refractivity contribution in [3.05, 3.63) is 48.0 Å². The van der Waals surface area contributed by atoms with Gasteiger partial charge in [-0.3, -0.25) is 4.99 Å². The fourth-order valence-corrected chi connectivity index (χ4v) is 4.79. The largest absolute Gasteiger partial charge is 0.357 e. The molecule has 2 N–H and O–H groups in total. The molecule has 1 unspecified atom stereocenters. The standard InChI is InChI=1S/C19H25N3O2S.HI/c1-2-20-19(22-18-10-12-25(23,24)14-18)21-11-9-15-7-8-16-5-3-4-6-17(16)13-15;/h3-8,13,18H,2,9-12,14H2,1H3,(H2,20,21,22);1H. The summed E-state index contributed by atoms with van der Waals surface area (Å²) in [5, 5.41) is 8.93. The highest BCUT2D eigenvalue weighted by Crippen LogP contribution is 2.16. The number of halogens is 1. The smallest absolute Gasteiger partial charge is 0.191 e. The van der Waals surface area contributed by atoms with Gasteiger partial charge in [0.2, 0.25) is 0 Å². The lowest BCUT2D eigenvalue weighted by molar-refractivity contribution is 0.599. The molecule has 0 radical (unpaired) electrons. The number of fused-ring (bicyclic) bond motifs is 1. The Bertz CT molecular complexity index is 868. The van der Waals surface area contributed by atoms with Crippen molar-refractivity contribution in [1.29, 1.82) is 0 Å². The molecular formula is C19H26IN3O2S. The van der Waals surface area contributed by atoms with Gasteiger partial charge in [0, 0.05) is 19.1 Å². The molecule has 0 aliphatic carbocycles. The summed E-state index contributed by atoms with van der Waals surface area (Å²) in [5.74, 6) is 1.16. The molecule has 1 saturated heterocycles. The maximum Gasteiger partial charge on any atom is 0.191 e. The molecule has 1 atom stereocenters. The zero-order valence-corrected chi connectivity index (χ0v) is 18.1. The first-order valence-electron chi connectivity index (χ1n) is 8.79. The molecule has 0 spiro atoms. The molecule has 0 saturated carbocycles. The Hall–Kier alpha value is -1.35. The molecule has 26 heavy (non-hydrogen) atoms. The first-order chi connectivity index (χ1) is 12.1. The fourth-order valence-electron chi connectivity index (χ4n) is 3.11. The van der Waals surface area contributed by atoms with Crippen LogP contribution in [-0.2, 0) is 16.3 Å². The average Bonchev–Trinajstić information content (AvgIpc) is 2.93. The molecule has 3 rings (SSSR count). The van der Waals surface area contributed by atoms with Crippen molar-refractivity contribution in [3.8, 4) is 0 Å². The molecule has 5 nitrogen and oxygen atoms in total. The second kappa shape index (κ2) is 9.55. The molecule has 1 fully saturated rings. The number of sulfone groups is 1. The van der Waals surface area contributed by atoms with Gasteiger partial charge in [0.1, 0.15) is 0 Å². The van der Waals surface area contributed by atoms with E-state index in [2.05, 4.69) is 46.0 Å². The van der Waals surface area contributed by atoms with Crippen LogP contribution in [0.15, 0.2) is 47.5 Å². The lowest BCUT2D eigenvalue weighted by Crippen LogP contribution is -2.44. The minimum atomic E-state index is -2.89. The summed E-state index contributed by atoms with van der Waals surface area (Å²) in [4.78, 5) is 4.60. The number of nitrogens with zero attached hydrogens (tertiary/aromatic N) is 1. The minimum Gasteiger partial charge on any atom is -0.357 e. The predicted molar refractivity (Wildman–Crippen MR) is 119 cm³/mol. The van der Waals surface area contributed by atoms with Crippen molar-refractivity contribution in [2.75, 3.05) is 24.6 Å². The van der Waals surface area contributed by atoms with Crippen molar-refractivity contribution in [1.82, 2.24) is 10.6 Å². The molecule has 0 bridgehead atoms. The third-order valence-electron chi connectivity index (χ3n) is 4.40. The third kappa shape index (κ3) is 5.84. The van der Waals surface area contributed by atoms with E-state index >= 15 is 0 Å². The van der Waals surface area contributed by atoms with Gasteiger partial charge in [-0.05, 0) is 36.1 Å². The highest BCUT2D eigenvalue weighted by atomic mass is 127. The van der Waals surface area contributed by atoms with E-state index in [0.717, 1.165) is 13.0 Å². The van der Waals surface area contributed by atoms with E-state index in [1.54, 1.807) is 0 Å². The fraction of sp³-hybridized carbons (Fsp3) is 0.421. The number of nitrogens with one attached hydrogen (secondary N) is 2. The summed E-state index contributed by atoms with van der Waals surface area (Å²) in [6.07, 6.45) is 1.50. The number of benzene rings is 2. The normalized spacial score (nSPS) is 19.1. The summed E-state index contributed by atoms with van der Waals surface area (Å²) in [6, 6.07) is 14.8. The summed E-state index contributed by atoms with van der Waals surface area (Å²) >= 11 is 0. The van der Waals surface area contributed by atoms with Crippen LogP contribution in [0, 0.1) is 0 Å². The van der Waals surface area contributed by atoms with E-state index in [0.29, 0.717) is 18.9 Å². The van der Waals surface area contributed by atoms with Crippen LogP contribution in [0.3, 0.4) is 0 Å². The highest BCUT2D eigenvalue weighted by molar-refractivity contribution is 14.0. The third-order valence-corrected chi connectivity index (χ3v) is 6.17. The van der Waals surface area contributed by atoms with Gasteiger partial charge in [0.05, 0.1) is 11.5 Å². The molecule has 7 heteroatoms. The Kier molecular flexibility index (Phi) is 7.69. The lowest BCUT2D eigenvalue weighted by Gasteiger charge is -2.15. The lowest BCUT2D eigenvalue weighted by atomic mass is 10.1. The van der Waals surface area contributed by atoms with Crippen molar-refractivity contribution in [2.45, 2.75) is 25.8 Å². The Morgan fingerprint density at radius 2 is 1.96 bits per heavy atom. The van der Waals surface area contributed by atoms with Crippen molar-refractivity contribution in [2.24, 2.45) is 4.99 Å². The van der Waals surface area contributed by atoms with Gasteiger partial charge >= 0.3 is 0 Å². The molecule has 2 aromatic carbocycles. The van der Waals surface area contributed by atoms with Crippen LogP contribution in [0.5, 0.6) is 0 Å². The quantitative estimate of drug-likeness (QED) is 0.387. The van der Waals surface area contributed by atoms with Gasteiger partial charge in [-0.15, -0.1) is 24.0 Å². The number of hydrogen-bond acceptors (Lipinski definition) is 3.